The molecule has 0 aliphatic heterocycles. The first-order chi connectivity index (χ1) is 5.11. The first-order valence-electron chi connectivity index (χ1n) is 2.68. The maximum absolute atomic E-state index is 10.3. The quantitative estimate of drug-likeness (QED) is 0.489. The van der Waals surface area contributed by atoms with Crippen molar-refractivity contribution >= 4 is 41.8 Å². The van der Waals surface area contributed by atoms with Gasteiger partial charge in [-0.05, 0) is 0 Å². The Balaban J connectivity index is 3.98. The van der Waals surface area contributed by atoms with Gasteiger partial charge >= 0.3 is 5.97 Å². The first-order valence-corrected chi connectivity index (χ1v) is 4.12. The lowest BCUT2D eigenvalue weighted by Crippen LogP contribution is -2.36. The number of halogens is 2. The average Bonchev–Trinajstić information content (AvgIpc) is 1.99. The van der Waals surface area contributed by atoms with E-state index in [0.29, 0.717) is 0 Å². The summed E-state index contributed by atoms with van der Waals surface area (Å²) in [6.07, 6.45) is 0. The molecule has 0 unspecified atom stereocenters. The van der Waals surface area contributed by atoms with Crippen LogP contribution in [0.3, 0.4) is 0 Å². The fourth-order valence-corrected chi connectivity index (χ4v) is 0.826. The SMILES string of the molecule is O=C(O)[C@H](CS)N/C(Cl)=C/Cl. The van der Waals surface area contributed by atoms with Gasteiger partial charge < -0.3 is 10.4 Å². The molecule has 0 rings (SSSR count). The number of carboxylic acids is 1. The molecule has 0 spiro atoms. The van der Waals surface area contributed by atoms with E-state index in [-0.39, 0.29) is 10.9 Å². The molecular formula is C5H7Cl2NO2S. The van der Waals surface area contributed by atoms with Crippen LogP contribution in [-0.2, 0) is 4.79 Å². The van der Waals surface area contributed by atoms with Gasteiger partial charge in [-0.15, -0.1) is 0 Å². The van der Waals surface area contributed by atoms with Crippen LogP contribution in [0.2, 0.25) is 0 Å². The molecule has 64 valence electrons. The second-order valence-corrected chi connectivity index (χ2v) is 2.67. The van der Waals surface area contributed by atoms with Crippen LogP contribution in [0.1, 0.15) is 0 Å². The monoisotopic (exact) mass is 215 g/mol. The third-order valence-electron chi connectivity index (χ3n) is 0.889. The van der Waals surface area contributed by atoms with E-state index in [0.717, 1.165) is 5.54 Å². The molecule has 0 aliphatic carbocycles. The van der Waals surface area contributed by atoms with E-state index in [1.165, 1.54) is 0 Å². The summed E-state index contributed by atoms with van der Waals surface area (Å²) < 4.78 is 0. The van der Waals surface area contributed by atoms with Gasteiger partial charge in [0.25, 0.3) is 0 Å². The summed E-state index contributed by atoms with van der Waals surface area (Å²) in [4.78, 5) is 10.3. The topological polar surface area (TPSA) is 49.3 Å². The predicted molar refractivity (Wildman–Crippen MR) is 48.2 cm³/mol. The van der Waals surface area contributed by atoms with Gasteiger partial charge in [-0.25, -0.2) is 4.79 Å². The molecule has 6 heteroatoms. The number of nitrogens with one attached hydrogen (secondary N) is 1. The Morgan fingerprint density at radius 2 is 2.36 bits per heavy atom. The predicted octanol–water partition coefficient (Wildman–Crippen LogP) is 1.24. The number of hydrogen-bond donors (Lipinski definition) is 3. The zero-order valence-electron chi connectivity index (χ0n) is 5.42. The number of aliphatic carboxylic acids is 1. The van der Waals surface area contributed by atoms with Crippen molar-refractivity contribution < 1.29 is 9.90 Å². The third kappa shape index (κ3) is 4.40. The maximum Gasteiger partial charge on any atom is 0.326 e. The Kier molecular flexibility index (Phi) is 5.54. The molecule has 0 saturated heterocycles. The maximum atomic E-state index is 10.3. The van der Waals surface area contributed by atoms with Crippen LogP contribution in [0, 0.1) is 0 Å². The Bertz CT molecular complexity index is 174. The number of rotatable bonds is 4. The van der Waals surface area contributed by atoms with Gasteiger partial charge in [-0.3, -0.25) is 0 Å². The molecule has 0 heterocycles. The van der Waals surface area contributed by atoms with E-state index in [2.05, 4.69) is 17.9 Å². The van der Waals surface area contributed by atoms with E-state index < -0.39 is 12.0 Å². The molecule has 0 saturated carbocycles. The molecule has 0 amide bonds. The zero-order chi connectivity index (χ0) is 8.85. The molecule has 0 aromatic rings. The highest BCUT2D eigenvalue weighted by Crippen LogP contribution is 2.01. The van der Waals surface area contributed by atoms with Gasteiger partial charge in [0, 0.05) is 11.3 Å². The molecule has 1 atom stereocenters. The lowest BCUT2D eigenvalue weighted by Gasteiger charge is -2.10. The summed E-state index contributed by atoms with van der Waals surface area (Å²) in [6, 6.07) is -0.805. The molecular weight excluding hydrogens is 209 g/mol. The van der Waals surface area contributed by atoms with Gasteiger partial charge in [0.15, 0.2) is 0 Å². The van der Waals surface area contributed by atoms with Crippen molar-refractivity contribution in [1.82, 2.24) is 5.32 Å². The number of hydrogen-bond acceptors (Lipinski definition) is 3. The molecule has 0 aromatic heterocycles. The van der Waals surface area contributed by atoms with Crippen molar-refractivity contribution in [3.05, 3.63) is 10.7 Å². The molecule has 0 fully saturated rings. The van der Waals surface area contributed by atoms with Gasteiger partial charge in [-0.1, -0.05) is 23.2 Å². The summed E-state index contributed by atoms with van der Waals surface area (Å²) >= 11 is 14.4. The Morgan fingerprint density at radius 1 is 1.82 bits per heavy atom. The second-order valence-electron chi connectivity index (χ2n) is 1.67. The Hall–Kier alpha value is -0.0600. The summed E-state index contributed by atoms with van der Waals surface area (Å²) in [7, 11) is 0. The number of carbonyl (C=O) groups is 1. The largest absolute Gasteiger partial charge is 0.480 e. The van der Waals surface area contributed by atoms with Crippen LogP contribution in [0.15, 0.2) is 10.7 Å². The highest BCUT2D eigenvalue weighted by atomic mass is 35.5. The second kappa shape index (κ2) is 5.57. The van der Waals surface area contributed by atoms with Gasteiger partial charge in [0.05, 0.1) is 0 Å². The smallest absolute Gasteiger partial charge is 0.326 e. The fraction of sp³-hybridized carbons (Fsp3) is 0.400. The lowest BCUT2D eigenvalue weighted by molar-refractivity contribution is -0.138. The van der Waals surface area contributed by atoms with E-state index in [1.54, 1.807) is 0 Å². The number of thiol groups is 1. The van der Waals surface area contributed by atoms with Crippen LogP contribution in [0.25, 0.3) is 0 Å². The van der Waals surface area contributed by atoms with Crippen molar-refractivity contribution in [2.24, 2.45) is 0 Å². The molecule has 2 N–H and O–H groups in total. The van der Waals surface area contributed by atoms with E-state index in [9.17, 15) is 4.79 Å². The van der Waals surface area contributed by atoms with Crippen LogP contribution >= 0.6 is 35.8 Å². The van der Waals surface area contributed by atoms with Crippen molar-refractivity contribution in [2.45, 2.75) is 6.04 Å². The molecule has 3 nitrogen and oxygen atoms in total. The minimum atomic E-state index is -1.02. The van der Waals surface area contributed by atoms with E-state index in [4.69, 9.17) is 28.3 Å². The van der Waals surface area contributed by atoms with Crippen LogP contribution < -0.4 is 5.32 Å². The molecule has 0 aromatic carbocycles. The van der Waals surface area contributed by atoms with E-state index >= 15 is 0 Å². The lowest BCUT2D eigenvalue weighted by atomic mass is 10.3. The Morgan fingerprint density at radius 3 is 2.64 bits per heavy atom. The van der Waals surface area contributed by atoms with Crippen molar-refractivity contribution in [1.29, 1.82) is 0 Å². The van der Waals surface area contributed by atoms with Crippen molar-refractivity contribution in [3.8, 4) is 0 Å². The zero-order valence-corrected chi connectivity index (χ0v) is 7.83. The number of carboxylic acid groups (broad SMARTS) is 1. The van der Waals surface area contributed by atoms with Crippen molar-refractivity contribution in [2.75, 3.05) is 5.75 Å². The average molecular weight is 216 g/mol. The normalized spacial score (nSPS) is 14.3. The highest BCUT2D eigenvalue weighted by molar-refractivity contribution is 7.80. The summed E-state index contributed by atoms with van der Waals surface area (Å²) in [5.41, 5.74) is 1.06. The minimum Gasteiger partial charge on any atom is -0.480 e. The Labute approximate surface area is 79.8 Å². The van der Waals surface area contributed by atoms with Gasteiger partial charge in [-0.2, -0.15) is 12.6 Å². The highest BCUT2D eigenvalue weighted by Gasteiger charge is 2.14. The third-order valence-corrected chi connectivity index (χ3v) is 1.80. The minimum absolute atomic E-state index is 0.0908. The summed E-state index contributed by atoms with van der Waals surface area (Å²) in [5, 5.41) is 11.0. The van der Waals surface area contributed by atoms with E-state index in [1.807, 2.05) is 0 Å². The molecule has 0 bridgehead atoms. The van der Waals surface area contributed by atoms with Crippen LogP contribution in [0.5, 0.6) is 0 Å². The molecule has 0 radical (unpaired) electrons. The van der Waals surface area contributed by atoms with Crippen LogP contribution in [-0.4, -0.2) is 22.9 Å². The standard InChI is InChI=1S/C5H7Cl2NO2S/c6-1-4(7)8-3(2-11)5(9)10/h1,3,8,11H,2H2,(H,9,10)/b4-1+/t3-/m0/s1. The fourth-order valence-electron chi connectivity index (χ4n) is 0.383. The molecule has 11 heavy (non-hydrogen) atoms. The van der Waals surface area contributed by atoms with Crippen molar-refractivity contribution in [3.63, 3.8) is 0 Å². The molecule has 0 aliphatic rings. The summed E-state index contributed by atoms with van der Waals surface area (Å²) in [6.45, 7) is 0. The van der Waals surface area contributed by atoms with Gasteiger partial charge in [0.2, 0.25) is 0 Å². The van der Waals surface area contributed by atoms with Crippen LogP contribution in [0.4, 0.5) is 0 Å². The first kappa shape index (κ1) is 10.9. The van der Waals surface area contributed by atoms with Gasteiger partial charge in [0.1, 0.15) is 11.2 Å². The summed E-state index contributed by atoms with van der Waals surface area (Å²) in [5.74, 6) is -0.868.